The lowest BCUT2D eigenvalue weighted by molar-refractivity contribution is -0.113. The number of anilines is 1. The van der Waals surface area contributed by atoms with Gasteiger partial charge in [-0.15, -0.1) is 10.2 Å². The van der Waals surface area contributed by atoms with Crippen molar-refractivity contribution in [2.45, 2.75) is 5.16 Å². The number of nitrogen functional groups attached to an aromatic ring is 1. The van der Waals surface area contributed by atoms with Gasteiger partial charge in [-0.2, -0.15) is 0 Å². The fourth-order valence-corrected chi connectivity index (χ4v) is 3.00. The van der Waals surface area contributed by atoms with Crippen LogP contribution in [0.4, 0.5) is 5.69 Å². The van der Waals surface area contributed by atoms with Crippen molar-refractivity contribution in [3.8, 4) is 11.4 Å². The molecule has 0 unspecified atom stereocenters. The number of carbonyl (C=O) groups excluding carboxylic acids is 2. The lowest BCUT2D eigenvalue weighted by Gasteiger charge is -2.06. The van der Waals surface area contributed by atoms with Crippen molar-refractivity contribution in [3.63, 3.8) is 0 Å². The van der Waals surface area contributed by atoms with E-state index in [2.05, 4.69) is 15.5 Å². The minimum Gasteiger partial charge on any atom is -0.366 e. The number of hydrogen-bond donors (Lipinski definition) is 3. The molecule has 3 rings (SSSR count). The fraction of sp³-hybridized carbons (Fsp3) is 0.0588. The maximum absolute atomic E-state index is 12.1. The van der Waals surface area contributed by atoms with Crippen LogP contribution in [-0.2, 0) is 4.79 Å². The van der Waals surface area contributed by atoms with Gasteiger partial charge in [0.1, 0.15) is 0 Å². The molecular weight excluding hydrogens is 388 g/mol. The van der Waals surface area contributed by atoms with E-state index in [9.17, 15) is 9.59 Å². The molecular formula is C17H15ClN6O2S. The number of nitrogens with one attached hydrogen (secondary N) is 1. The summed E-state index contributed by atoms with van der Waals surface area (Å²) in [4.78, 5) is 23.1. The maximum atomic E-state index is 12.1. The second-order valence-corrected chi connectivity index (χ2v) is 6.84. The highest BCUT2D eigenvalue weighted by Crippen LogP contribution is 2.23. The normalized spacial score (nSPS) is 10.6. The van der Waals surface area contributed by atoms with Gasteiger partial charge in [0, 0.05) is 21.8 Å². The summed E-state index contributed by atoms with van der Waals surface area (Å²) in [6.45, 7) is 0. The number of thioether (sulfide) groups is 1. The molecule has 0 saturated carbocycles. The maximum Gasteiger partial charge on any atom is 0.248 e. The van der Waals surface area contributed by atoms with Crippen molar-refractivity contribution in [1.82, 2.24) is 14.9 Å². The first-order valence-electron chi connectivity index (χ1n) is 7.73. The van der Waals surface area contributed by atoms with E-state index in [-0.39, 0.29) is 11.7 Å². The highest BCUT2D eigenvalue weighted by Gasteiger charge is 2.14. The molecule has 10 heteroatoms. The molecule has 0 atom stereocenters. The van der Waals surface area contributed by atoms with Crippen molar-refractivity contribution in [2.24, 2.45) is 5.73 Å². The third-order valence-electron chi connectivity index (χ3n) is 3.55. The minimum atomic E-state index is -0.526. The molecule has 0 spiro atoms. The quantitative estimate of drug-likeness (QED) is 0.428. The molecule has 2 aromatic carbocycles. The van der Waals surface area contributed by atoms with Gasteiger partial charge >= 0.3 is 0 Å². The number of rotatable bonds is 6. The van der Waals surface area contributed by atoms with Crippen LogP contribution in [0.1, 0.15) is 10.4 Å². The van der Waals surface area contributed by atoms with E-state index < -0.39 is 5.91 Å². The summed E-state index contributed by atoms with van der Waals surface area (Å²) >= 11 is 7.03. The van der Waals surface area contributed by atoms with Crippen LogP contribution < -0.4 is 16.9 Å². The number of amides is 2. The van der Waals surface area contributed by atoms with Gasteiger partial charge in [-0.1, -0.05) is 23.4 Å². The number of benzene rings is 2. The van der Waals surface area contributed by atoms with E-state index in [0.717, 1.165) is 17.3 Å². The second-order valence-electron chi connectivity index (χ2n) is 5.46. The molecule has 3 aromatic rings. The van der Waals surface area contributed by atoms with Crippen molar-refractivity contribution < 1.29 is 9.59 Å². The molecule has 27 heavy (non-hydrogen) atoms. The fourth-order valence-electron chi connectivity index (χ4n) is 2.22. The van der Waals surface area contributed by atoms with Gasteiger partial charge in [-0.25, -0.2) is 4.68 Å². The Bertz CT molecular complexity index is 972. The lowest BCUT2D eigenvalue weighted by atomic mass is 10.2. The summed E-state index contributed by atoms with van der Waals surface area (Å²) in [6, 6.07) is 13.3. The van der Waals surface area contributed by atoms with Crippen LogP contribution in [-0.4, -0.2) is 32.4 Å². The first-order chi connectivity index (χ1) is 12.9. The molecule has 0 aliphatic heterocycles. The Hall–Kier alpha value is -3.04. The van der Waals surface area contributed by atoms with E-state index in [1.807, 2.05) is 0 Å². The van der Waals surface area contributed by atoms with Crippen LogP contribution in [0.3, 0.4) is 0 Å². The number of halogens is 1. The van der Waals surface area contributed by atoms with Gasteiger partial charge in [-0.05, 0) is 48.5 Å². The number of hydrogen-bond acceptors (Lipinski definition) is 6. The molecule has 0 aliphatic carbocycles. The Labute approximate surface area is 163 Å². The van der Waals surface area contributed by atoms with Gasteiger partial charge in [0.25, 0.3) is 0 Å². The van der Waals surface area contributed by atoms with Crippen LogP contribution >= 0.6 is 23.4 Å². The SMILES string of the molecule is NC(=O)c1ccc(NC(=O)CSc2nnc(-c3ccc(Cl)cc3)n2N)cc1. The molecule has 5 N–H and O–H groups in total. The standard InChI is InChI=1S/C17H15ClN6O2S/c18-12-5-1-11(2-6-12)16-22-23-17(24(16)20)27-9-14(25)21-13-7-3-10(4-8-13)15(19)26/h1-8H,9,20H2,(H2,19,26)(H,21,25). The zero-order chi connectivity index (χ0) is 19.4. The molecule has 0 radical (unpaired) electrons. The molecule has 1 heterocycles. The summed E-state index contributed by atoms with van der Waals surface area (Å²) in [5.41, 5.74) is 6.87. The smallest absolute Gasteiger partial charge is 0.248 e. The van der Waals surface area contributed by atoms with E-state index in [1.54, 1.807) is 48.5 Å². The second kappa shape index (κ2) is 8.11. The van der Waals surface area contributed by atoms with Crippen molar-refractivity contribution in [2.75, 3.05) is 16.9 Å². The van der Waals surface area contributed by atoms with Crippen LogP contribution in [0.25, 0.3) is 11.4 Å². The number of carbonyl (C=O) groups is 2. The third-order valence-corrected chi connectivity index (χ3v) is 4.75. The van der Waals surface area contributed by atoms with Crippen molar-refractivity contribution >= 4 is 40.9 Å². The van der Waals surface area contributed by atoms with Crippen LogP contribution in [0.2, 0.25) is 5.02 Å². The Morgan fingerprint density at radius 1 is 1.07 bits per heavy atom. The van der Waals surface area contributed by atoms with Gasteiger partial charge < -0.3 is 16.9 Å². The molecule has 0 aliphatic rings. The highest BCUT2D eigenvalue weighted by atomic mass is 35.5. The average molecular weight is 403 g/mol. The first kappa shape index (κ1) is 18.7. The Kier molecular flexibility index (Phi) is 5.63. The summed E-state index contributed by atoms with van der Waals surface area (Å²) in [7, 11) is 0. The van der Waals surface area contributed by atoms with E-state index in [1.165, 1.54) is 4.68 Å². The monoisotopic (exact) mass is 402 g/mol. The number of aromatic nitrogens is 3. The van der Waals surface area contributed by atoms with E-state index >= 15 is 0 Å². The van der Waals surface area contributed by atoms with Crippen LogP contribution in [0.5, 0.6) is 0 Å². The predicted molar refractivity (Wildman–Crippen MR) is 105 cm³/mol. The summed E-state index contributed by atoms with van der Waals surface area (Å²) < 4.78 is 1.32. The molecule has 2 amide bonds. The molecule has 0 saturated heterocycles. The zero-order valence-electron chi connectivity index (χ0n) is 13.9. The molecule has 138 valence electrons. The number of nitrogens with zero attached hydrogens (tertiary/aromatic N) is 3. The molecule has 0 fully saturated rings. The lowest BCUT2D eigenvalue weighted by Crippen LogP contribution is -2.16. The Balaban J connectivity index is 1.60. The van der Waals surface area contributed by atoms with Crippen molar-refractivity contribution in [1.29, 1.82) is 0 Å². The van der Waals surface area contributed by atoms with Crippen LogP contribution in [0.15, 0.2) is 53.7 Å². The minimum absolute atomic E-state index is 0.0908. The number of primary amides is 1. The highest BCUT2D eigenvalue weighted by molar-refractivity contribution is 7.99. The molecule has 1 aromatic heterocycles. The Morgan fingerprint density at radius 2 is 1.74 bits per heavy atom. The van der Waals surface area contributed by atoms with E-state index in [4.69, 9.17) is 23.2 Å². The summed E-state index contributed by atoms with van der Waals surface area (Å²) in [6.07, 6.45) is 0. The van der Waals surface area contributed by atoms with Crippen LogP contribution in [0, 0.1) is 0 Å². The zero-order valence-corrected chi connectivity index (χ0v) is 15.5. The van der Waals surface area contributed by atoms with Crippen molar-refractivity contribution in [3.05, 3.63) is 59.1 Å². The third kappa shape index (κ3) is 4.57. The Morgan fingerprint density at radius 3 is 2.37 bits per heavy atom. The van der Waals surface area contributed by atoms with Gasteiger partial charge in [-0.3, -0.25) is 9.59 Å². The number of nitrogens with two attached hydrogens (primary N) is 2. The first-order valence-corrected chi connectivity index (χ1v) is 9.09. The van der Waals surface area contributed by atoms with Gasteiger partial charge in [0.15, 0.2) is 5.82 Å². The van der Waals surface area contributed by atoms with E-state index in [0.29, 0.717) is 27.3 Å². The summed E-state index contributed by atoms with van der Waals surface area (Å²) in [5.74, 6) is 5.81. The van der Waals surface area contributed by atoms with Gasteiger partial charge in [0.05, 0.1) is 5.75 Å². The predicted octanol–water partition coefficient (Wildman–Crippen LogP) is 2.14. The summed E-state index contributed by atoms with van der Waals surface area (Å²) in [5, 5.41) is 11.8. The molecule has 8 nitrogen and oxygen atoms in total. The largest absolute Gasteiger partial charge is 0.366 e. The average Bonchev–Trinajstić information content (AvgIpc) is 3.02. The van der Waals surface area contributed by atoms with Gasteiger partial charge in [0.2, 0.25) is 17.0 Å². The topological polar surface area (TPSA) is 129 Å². The molecule has 0 bridgehead atoms.